The molecule has 2 amide bonds. The second kappa shape index (κ2) is 8.42. The first-order valence-electron chi connectivity index (χ1n) is 7.53. The minimum absolute atomic E-state index is 0.0601. The van der Waals surface area contributed by atoms with E-state index in [1.807, 2.05) is 0 Å². The summed E-state index contributed by atoms with van der Waals surface area (Å²) in [7, 11) is 0. The Morgan fingerprint density at radius 2 is 1.96 bits per heavy atom. The molecule has 1 fully saturated rings. The summed E-state index contributed by atoms with van der Waals surface area (Å²) in [4.78, 5) is 25.9. The average molecular weight is 411 g/mol. The molecule has 1 atom stereocenters. The van der Waals surface area contributed by atoms with Crippen LogP contribution in [0.4, 0.5) is 10.5 Å². The molecule has 1 aromatic rings. The zero-order valence-electron chi connectivity index (χ0n) is 13.2. The Kier molecular flexibility index (Phi) is 6.76. The quantitative estimate of drug-likeness (QED) is 0.344. The number of carbonyl (C=O) groups excluding carboxylic acids is 2. The van der Waals surface area contributed by atoms with Crippen molar-refractivity contribution >= 4 is 52.5 Å². The molecular formula is C15H18Cl3N3O4. The maximum atomic E-state index is 12.5. The van der Waals surface area contributed by atoms with Crippen LogP contribution in [0.3, 0.4) is 0 Å². The fraction of sp³-hybridized carbons (Fsp3) is 0.467. The number of nitrogens with zero attached hydrogens (tertiary/aromatic N) is 2. The summed E-state index contributed by atoms with van der Waals surface area (Å²) in [6.07, 6.45) is 0.748. The van der Waals surface area contributed by atoms with E-state index in [1.54, 1.807) is 17.0 Å². The van der Waals surface area contributed by atoms with Crippen LogP contribution < -0.4 is 10.9 Å². The van der Waals surface area contributed by atoms with Gasteiger partial charge in [0.2, 0.25) is 3.79 Å². The second-order valence-electron chi connectivity index (χ2n) is 5.56. The van der Waals surface area contributed by atoms with Gasteiger partial charge in [-0.15, -0.1) is 0 Å². The molecule has 2 rings (SSSR count). The van der Waals surface area contributed by atoms with Crippen molar-refractivity contribution in [3.8, 4) is 0 Å². The molecule has 10 heteroatoms. The molecule has 1 aliphatic heterocycles. The molecule has 0 bridgehead atoms. The number of likely N-dealkylation sites (tertiary alicyclic amines) is 1. The van der Waals surface area contributed by atoms with Crippen molar-refractivity contribution in [1.82, 2.24) is 4.90 Å². The van der Waals surface area contributed by atoms with Gasteiger partial charge in [-0.1, -0.05) is 34.8 Å². The molecule has 138 valence electrons. The van der Waals surface area contributed by atoms with Crippen LogP contribution in [0.15, 0.2) is 24.3 Å². The topological polar surface area (TPSA) is 96.1 Å². The highest BCUT2D eigenvalue weighted by Crippen LogP contribution is 2.26. The maximum absolute atomic E-state index is 12.5. The van der Waals surface area contributed by atoms with Crippen molar-refractivity contribution in [2.45, 2.75) is 22.7 Å². The van der Waals surface area contributed by atoms with Crippen molar-refractivity contribution in [1.29, 1.82) is 0 Å². The number of amides is 2. The van der Waals surface area contributed by atoms with Crippen LogP contribution in [-0.2, 0) is 4.74 Å². The van der Waals surface area contributed by atoms with E-state index in [0.717, 1.165) is 17.9 Å². The number of hydrazine groups is 1. The molecule has 1 heterocycles. The van der Waals surface area contributed by atoms with Crippen LogP contribution in [0.1, 0.15) is 23.2 Å². The van der Waals surface area contributed by atoms with Crippen LogP contribution in [0.5, 0.6) is 0 Å². The molecule has 1 aliphatic rings. The molecule has 0 spiro atoms. The van der Waals surface area contributed by atoms with Crippen molar-refractivity contribution in [3.05, 3.63) is 29.8 Å². The van der Waals surface area contributed by atoms with Crippen LogP contribution in [0, 0.1) is 0 Å². The molecule has 1 saturated heterocycles. The molecule has 7 nitrogen and oxygen atoms in total. The third kappa shape index (κ3) is 5.36. The fourth-order valence-electron chi connectivity index (χ4n) is 2.54. The standard InChI is InChI=1S/C15H18Cl3N3O4/c16-15(17,18)9-25-14(24)21(19)11-5-3-10(4-6-11)13(23)20-7-1-2-12(20)8-22/h3-6,12,22H,1-2,7-9,19H2. The van der Waals surface area contributed by atoms with Crippen LogP contribution in [0.25, 0.3) is 0 Å². The normalized spacial score (nSPS) is 17.5. The molecule has 25 heavy (non-hydrogen) atoms. The smallest absolute Gasteiger partial charge is 0.428 e. The molecule has 0 saturated carbocycles. The Bertz CT molecular complexity index is 621. The minimum atomic E-state index is -1.73. The fourth-order valence-corrected chi connectivity index (χ4v) is 2.71. The summed E-state index contributed by atoms with van der Waals surface area (Å²) in [5.74, 6) is 5.49. The number of alkyl halides is 3. The van der Waals surface area contributed by atoms with Gasteiger partial charge in [-0.05, 0) is 37.1 Å². The highest BCUT2D eigenvalue weighted by atomic mass is 35.6. The molecule has 0 aromatic heterocycles. The number of carbonyl (C=O) groups is 2. The summed E-state index contributed by atoms with van der Waals surface area (Å²) < 4.78 is 3.04. The van der Waals surface area contributed by atoms with Gasteiger partial charge >= 0.3 is 6.09 Å². The summed E-state index contributed by atoms with van der Waals surface area (Å²) in [6.45, 7) is 0.103. The number of hydrogen-bond donors (Lipinski definition) is 2. The highest BCUT2D eigenvalue weighted by Gasteiger charge is 2.29. The van der Waals surface area contributed by atoms with E-state index in [1.165, 1.54) is 12.1 Å². The lowest BCUT2D eigenvalue weighted by Gasteiger charge is -2.23. The van der Waals surface area contributed by atoms with Gasteiger partial charge in [0.05, 0.1) is 18.3 Å². The van der Waals surface area contributed by atoms with E-state index < -0.39 is 16.5 Å². The van der Waals surface area contributed by atoms with Gasteiger partial charge in [0.25, 0.3) is 5.91 Å². The number of aliphatic hydroxyl groups is 1. The minimum Gasteiger partial charge on any atom is -0.444 e. The lowest BCUT2D eigenvalue weighted by Crippen LogP contribution is -2.39. The van der Waals surface area contributed by atoms with Crippen LogP contribution in [-0.4, -0.2) is 51.6 Å². The number of ether oxygens (including phenoxy) is 1. The maximum Gasteiger partial charge on any atom is 0.428 e. The molecule has 3 N–H and O–H groups in total. The first-order valence-corrected chi connectivity index (χ1v) is 8.66. The van der Waals surface area contributed by atoms with Crippen molar-refractivity contribution in [2.75, 3.05) is 24.8 Å². The van der Waals surface area contributed by atoms with E-state index in [-0.39, 0.29) is 18.6 Å². The summed E-state index contributed by atoms with van der Waals surface area (Å²) in [6, 6.07) is 5.95. The lowest BCUT2D eigenvalue weighted by molar-refractivity contribution is 0.0677. The number of hydrogen-bond acceptors (Lipinski definition) is 5. The van der Waals surface area contributed by atoms with Crippen molar-refractivity contribution < 1.29 is 19.4 Å². The number of halogens is 3. The monoisotopic (exact) mass is 409 g/mol. The van der Waals surface area contributed by atoms with E-state index in [9.17, 15) is 14.7 Å². The van der Waals surface area contributed by atoms with E-state index >= 15 is 0 Å². The largest absolute Gasteiger partial charge is 0.444 e. The number of aliphatic hydroxyl groups excluding tert-OH is 1. The Morgan fingerprint density at radius 3 is 2.52 bits per heavy atom. The molecule has 1 aromatic carbocycles. The third-order valence-electron chi connectivity index (χ3n) is 3.80. The van der Waals surface area contributed by atoms with E-state index in [4.69, 9.17) is 45.4 Å². The predicted molar refractivity (Wildman–Crippen MR) is 95.9 cm³/mol. The first kappa shape index (κ1) is 20.1. The number of benzene rings is 1. The zero-order chi connectivity index (χ0) is 18.6. The Labute approximate surface area is 160 Å². The average Bonchev–Trinajstić information content (AvgIpc) is 3.06. The second-order valence-corrected chi connectivity index (χ2v) is 8.08. The van der Waals surface area contributed by atoms with Gasteiger partial charge in [-0.3, -0.25) is 4.79 Å². The number of anilines is 1. The molecular weight excluding hydrogens is 393 g/mol. The van der Waals surface area contributed by atoms with E-state index in [0.29, 0.717) is 17.8 Å². The van der Waals surface area contributed by atoms with Crippen molar-refractivity contribution in [3.63, 3.8) is 0 Å². The van der Waals surface area contributed by atoms with Gasteiger partial charge in [-0.25, -0.2) is 15.6 Å². The van der Waals surface area contributed by atoms with Gasteiger partial charge < -0.3 is 14.7 Å². The first-order chi connectivity index (χ1) is 11.7. The molecule has 0 radical (unpaired) electrons. The Morgan fingerprint density at radius 1 is 1.32 bits per heavy atom. The van der Waals surface area contributed by atoms with Gasteiger partial charge in [-0.2, -0.15) is 0 Å². The SMILES string of the molecule is NN(C(=O)OCC(Cl)(Cl)Cl)c1ccc(C(=O)N2CCCC2CO)cc1. The summed E-state index contributed by atoms with van der Waals surface area (Å²) in [5.41, 5.74) is 0.748. The number of nitrogens with two attached hydrogens (primary N) is 1. The summed E-state index contributed by atoms with van der Waals surface area (Å²) >= 11 is 16.5. The van der Waals surface area contributed by atoms with E-state index in [2.05, 4.69) is 0 Å². The van der Waals surface area contributed by atoms with Gasteiger partial charge in [0.15, 0.2) is 0 Å². The van der Waals surface area contributed by atoms with Crippen molar-refractivity contribution in [2.24, 2.45) is 5.84 Å². The summed E-state index contributed by atoms with van der Waals surface area (Å²) in [5, 5.41) is 10.1. The lowest BCUT2D eigenvalue weighted by atomic mass is 10.1. The highest BCUT2D eigenvalue weighted by molar-refractivity contribution is 6.67. The zero-order valence-corrected chi connectivity index (χ0v) is 15.5. The Hall–Kier alpha value is -1.25. The van der Waals surface area contributed by atoms with Gasteiger partial charge in [0, 0.05) is 12.1 Å². The molecule has 0 aliphatic carbocycles. The van der Waals surface area contributed by atoms with Crippen LogP contribution >= 0.6 is 34.8 Å². The number of rotatable bonds is 4. The van der Waals surface area contributed by atoms with Crippen LogP contribution in [0.2, 0.25) is 0 Å². The third-order valence-corrected chi connectivity index (χ3v) is 4.12. The van der Waals surface area contributed by atoms with Gasteiger partial charge in [0.1, 0.15) is 6.61 Å². The molecule has 1 unspecified atom stereocenters. The Balaban J connectivity index is 2.01. The predicted octanol–water partition coefficient (Wildman–Crippen LogP) is 2.47.